The first-order valence-electron chi connectivity index (χ1n) is 4.02. The largest absolute Gasteiger partial charge is 0.489 e. The number of anilines is 1. The summed E-state index contributed by atoms with van der Waals surface area (Å²) in [5.74, 6) is 0.850. The smallest absolute Gasteiger partial charge is 0.145 e. The van der Waals surface area contributed by atoms with Crippen LogP contribution in [0.15, 0.2) is 18.5 Å². The monoisotopic (exact) mass is 166 g/mol. The fourth-order valence-corrected chi connectivity index (χ4v) is 0.926. The van der Waals surface area contributed by atoms with E-state index in [0.29, 0.717) is 0 Å². The van der Waals surface area contributed by atoms with Crippen LogP contribution in [0.2, 0.25) is 0 Å². The molecule has 1 N–H and O–H groups in total. The molecule has 1 aromatic heterocycles. The molecule has 3 heteroatoms. The van der Waals surface area contributed by atoms with Crippen LogP contribution in [0, 0.1) is 0 Å². The minimum atomic E-state index is 0.194. The molecule has 0 aliphatic carbocycles. The predicted molar refractivity (Wildman–Crippen MR) is 49.5 cm³/mol. The Balaban J connectivity index is 2.82. The summed E-state index contributed by atoms with van der Waals surface area (Å²) in [5, 5.41) is 3.01. The molecule has 1 rings (SSSR count). The van der Waals surface area contributed by atoms with Crippen LogP contribution in [-0.4, -0.2) is 18.1 Å². The average Bonchev–Trinajstić information content (AvgIpc) is 2.04. The molecule has 1 heterocycles. The Bertz CT molecular complexity index is 248. The molecule has 0 fully saturated rings. The first-order valence-corrected chi connectivity index (χ1v) is 4.02. The Labute approximate surface area is 72.8 Å². The van der Waals surface area contributed by atoms with Gasteiger partial charge in [-0.3, -0.25) is 4.98 Å². The number of nitrogens with zero attached hydrogens (tertiary/aromatic N) is 1. The van der Waals surface area contributed by atoms with Crippen molar-refractivity contribution in [2.24, 2.45) is 0 Å². The second kappa shape index (κ2) is 3.95. The van der Waals surface area contributed by atoms with Gasteiger partial charge in [0.05, 0.1) is 18.0 Å². The van der Waals surface area contributed by atoms with Crippen LogP contribution in [0.3, 0.4) is 0 Å². The van der Waals surface area contributed by atoms with Crippen LogP contribution in [-0.2, 0) is 0 Å². The second-order valence-electron chi connectivity index (χ2n) is 2.79. The van der Waals surface area contributed by atoms with Crippen molar-refractivity contribution < 1.29 is 4.74 Å². The van der Waals surface area contributed by atoms with Gasteiger partial charge in [-0.25, -0.2) is 0 Å². The molecular formula is C9H14N2O. The molecule has 0 bridgehead atoms. The van der Waals surface area contributed by atoms with Gasteiger partial charge in [-0.05, 0) is 13.8 Å². The zero-order valence-electron chi connectivity index (χ0n) is 7.66. The van der Waals surface area contributed by atoms with Gasteiger partial charge in [0.15, 0.2) is 0 Å². The van der Waals surface area contributed by atoms with Crippen molar-refractivity contribution in [2.75, 3.05) is 12.4 Å². The highest BCUT2D eigenvalue weighted by Crippen LogP contribution is 2.22. The lowest BCUT2D eigenvalue weighted by molar-refractivity contribution is 0.243. The first kappa shape index (κ1) is 8.84. The molecule has 0 unspecified atom stereocenters. The molecule has 3 nitrogen and oxygen atoms in total. The molecule has 0 saturated heterocycles. The predicted octanol–water partition coefficient (Wildman–Crippen LogP) is 1.91. The SMILES string of the molecule is CNc1cnccc1OC(C)C. The quantitative estimate of drug-likeness (QED) is 0.744. The van der Waals surface area contributed by atoms with E-state index in [1.54, 1.807) is 12.4 Å². The number of hydrogen-bond acceptors (Lipinski definition) is 3. The third-order valence-corrected chi connectivity index (χ3v) is 1.41. The summed E-state index contributed by atoms with van der Waals surface area (Å²) in [7, 11) is 1.85. The second-order valence-corrected chi connectivity index (χ2v) is 2.79. The number of rotatable bonds is 3. The molecule has 1 aromatic rings. The molecule has 0 aromatic carbocycles. The van der Waals surface area contributed by atoms with E-state index >= 15 is 0 Å². The van der Waals surface area contributed by atoms with Gasteiger partial charge in [-0.2, -0.15) is 0 Å². The van der Waals surface area contributed by atoms with Crippen molar-refractivity contribution in [1.29, 1.82) is 0 Å². The van der Waals surface area contributed by atoms with Gasteiger partial charge in [-0.1, -0.05) is 0 Å². The third kappa shape index (κ3) is 2.12. The van der Waals surface area contributed by atoms with Gasteiger partial charge in [0.1, 0.15) is 5.75 Å². The van der Waals surface area contributed by atoms with Crippen molar-refractivity contribution in [3.8, 4) is 5.75 Å². The summed E-state index contributed by atoms with van der Waals surface area (Å²) in [6.45, 7) is 4.00. The number of ether oxygens (including phenoxy) is 1. The van der Waals surface area contributed by atoms with Crippen molar-refractivity contribution in [3.63, 3.8) is 0 Å². The van der Waals surface area contributed by atoms with Gasteiger partial charge in [0, 0.05) is 19.3 Å². The lowest BCUT2D eigenvalue weighted by Gasteiger charge is -2.12. The number of aromatic nitrogens is 1. The maximum absolute atomic E-state index is 5.53. The lowest BCUT2D eigenvalue weighted by Crippen LogP contribution is -2.07. The van der Waals surface area contributed by atoms with Crippen LogP contribution in [0.1, 0.15) is 13.8 Å². The van der Waals surface area contributed by atoms with E-state index in [9.17, 15) is 0 Å². The van der Waals surface area contributed by atoms with Gasteiger partial charge >= 0.3 is 0 Å². The first-order chi connectivity index (χ1) is 5.74. The standard InChI is InChI=1S/C9H14N2O/c1-7(2)12-9-4-5-11-6-8(9)10-3/h4-7,10H,1-3H3. The Hall–Kier alpha value is -1.25. The summed E-state index contributed by atoms with van der Waals surface area (Å²) in [6.07, 6.45) is 3.66. The van der Waals surface area contributed by atoms with Crippen LogP contribution in [0.5, 0.6) is 5.75 Å². The minimum absolute atomic E-state index is 0.194. The summed E-state index contributed by atoms with van der Waals surface area (Å²) in [4.78, 5) is 3.98. The van der Waals surface area contributed by atoms with E-state index in [1.165, 1.54) is 0 Å². The Morgan fingerprint density at radius 2 is 2.25 bits per heavy atom. The summed E-state index contributed by atoms with van der Waals surface area (Å²) < 4.78 is 5.53. The van der Waals surface area contributed by atoms with Crippen molar-refractivity contribution >= 4 is 5.69 Å². The molecule has 0 atom stereocenters. The molecule has 0 aliphatic heterocycles. The van der Waals surface area contributed by atoms with Crippen molar-refractivity contribution in [2.45, 2.75) is 20.0 Å². The number of nitrogens with one attached hydrogen (secondary N) is 1. The molecular weight excluding hydrogens is 152 g/mol. The average molecular weight is 166 g/mol. The van der Waals surface area contributed by atoms with E-state index < -0.39 is 0 Å². The van der Waals surface area contributed by atoms with Crippen LogP contribution >= 0.6 is 0 Å². The fourth-order valence-electron chi connectivity index (χ4n) is 0.926. The Morgan fingerprint density at radius 1 is 1.50 bits per heavy atom. The van der Waals surface area contributed by atoms with E-state index in [4.69, 9.17) is 4.74 Å². The molecule has 0 radical (unpaired) electrons. The fraction of sp³-hybridized carbons (Fsp3) is 0.444. The molecule has 0 aliphatic rings. The molecule has 66 valence electrons. The highest BCUT2D eigenvalue weighted by atomic mass is 16.5. The molecule has 0 spiro atoms. The zero-order valence-corrected chi connectivity index (χ0v) is 7.66. The van der Waals surface area contributed by atoms with Crippen LogP contribution in [0.4, 0.5) is 5.69 Å². The molecule has 0 saturated carbocycles. The lowest BCUT2D eigenvalue weighted by atomic mass is 10.3. The Morgan fingerprint density at radius 3 is 2.83 bits per heavy atom. The van der Waals surface area contributed by atoms with E-state index in [1.807, 2.05) is 27.0 Å². The summed E-state index contributed by atoms with van der Waals surface area (Å²) >= 11 is 0. The summed E-state index contributed by atoms with van der Waals surface area (Å²) in [5.41, 5.74) is 0.922. The maximum atomic E-state index is 5.53. The minimum Gasteiger partial charge on any atom is -0.489 e. The van der Waals surface area contributed by atoms with Crippen LogP contribution in [0.25, 0.3) is 0 Å². The third-order valence-electron chi connectivity index (χ3n) is 1.41. The topological polar surface area (TPSA) is 34.2 Å². The zero-order chi connectivity index (χ0) is 8.97. The Kier molecular flexibility index (Phi) is 2.91. The van der Waals surface area contributed by atoms with E-state index in [-0.39, 0.29) is 6.10 Å². The van der Waals surface area contributed by atoms with Crippen molar-refractivity contribution in [1.82, 2.24) is 4.98 Å². The molecule has 0 amide bonds. The van der Waals surface area contributed by atoms with Crippen LogP contribution < -0.4 is 10.1 Å². The number of pyridine rings is 1. The van der Waals surface area contributed by atoms with Gasteiger partial charge in [0.2, 0.25) is 0 Å². The van der Waals surface area contributed by atoms with Gasteiger partial charge < -0.3 is 10.1 Å². The highest BCUT2D eigenvalue weighted by Gasteiger charge is 2.02. The van der Waals surface area contributed by atoms with E-state index in [2.05, 4.69) is 10.3 Å². The molecule has 12 heavy (non-hydrogen) atoms. The van der Waals surface area contributed by atoms with Crippen molar-refractivity contribution in [3.05, 3.63) is 18.5 Å². The van der Waals surface area contributed by atoms with Gasteiger partial charge in [0.25, 0.3) is 0 Å². The maximum Gasteiger partial charge on any atom is 0.145 e. The normalized spacial score (nSPS) is 10.0. The highest BCUT2D eigenvalue weighted by molar-refractivity contribution is 5.53. The van der Waals surface area contributed by atoms with E-state index in [0.717, 1.165) is 11.4 Å². The summed E-state index contributed by atoms with van der Waals surface area (Å²) in [6, 6.07) is 1.85. The van der Waals surface area contributed by atoms with Gasteiger partial charge in [-0.15, -0.1) is 0 Å². The number of hydrogen-bond donors (Lipinski definition) is 1.